The van der Waals surface area contributed by atoms with Crippen LogP contribution in [0.3, 0.4) is 0 Å². The van der Waals surface area contributed by atoms with E-state index in [-0.39, 0.29) is 24.0 Å². The van der Waals surface area contributed by atoms with Gasteiger partial charge in [0.15, 0.2) is 11.8 Å². The number of ether oxygens (including phenoxy) is 1. The fourth-order valence-corrected chi connectivity index (χ4v) is 3.95. The minimum Gasteiger partial charge on any atom is -0.377 e. The van der Waals surface area contributed by atoms with E-state index in [0.717, 1.165) is 50.0 Å². The highest BCUT2D eigenvalue weighted by molar-refractivity contribution is 14.0. The highest BCUT2D eigenvalue weighted by Crippen LogP contribution is 2.47. The van der Waals surface area contributed by atoms with Crippen LogP contribution in [0.15, 0.2) is 35.3 Å². The van der Waals surface area contributed by atoms with Crippen LogP contribution in [-0.2, 0) is 30.7 Å². The lowest BCUT2D eigenvalue weighted by Gasteiger charge is -2.26. The maximum Gasteiger partial charge on any atom is 0.191 e. The Kier molecular flexibility index (Phi) is 7.50. The molecule has 29 heavy (non-hydrogen) atoms. The molecule has 1 aromatic carbocycles. The van der Waals surface area contributed by atoms with Crippen molar-refractivity contribution >= 4 is 29.9 Å². The van der Waals surface area contributed by atoms with Crippen molar-refractivity contribution in [2.24, 2.45) is 10.4 Å². The molecule has 0 saturated heterocycles. The van der Waals surface area contributed by atoms with Gasteiger partial charge in [0.1, 0.15) is 12.4 Å². The Morgan fingerprint density at radius 2 is 2.10 bits per heavy atom. The Morgan fingerprint density at radius 1 is 1.31 bits per heavy atom. The number of benzene rings is 1. The summed E-state index contributed by atoms with van der Waals surface area (Å²) in [6.45, 7) is 2.23. The minimum absolute atomic E-state index is 0. The molecule has 0 bridgehead atoms. The van der Waals surface area contributed by atoms with Crippen molar-refractivity contribution in [2.75, 3.05) is 20.7 Å². The average molecular weight is 510 g/mol. The average Bonchev–Trinajstić information content (AvgIpc) is 3.35. The largest absolute Gasteiger partial charge is 0.377 e. The number of nitrogens with zero attached hydrogens (tertiary/aromatic N) is 4. The second kappa shape index (κ2) is 9.88. The molecule has 2 aromatic rings. The van der Waals surface area contributed by atoms with Crippen molar-refractivity contribution in [2.45, 2.75) is 51.3 Å². The molecule has 158 valence electrons. The third-order valence-electron chi connectivity index (χ3n) is 5.75. The van der Waals surface area contributed by atoms with E-state index in [9.17, 15) is 0 Å². The van der Waals surface area contributed by atoms with Crippen LogP contribution in [0.25, 0.3) is 0 Å². The number of nitrogens with one attached hydrogen (secondary N) is 2. The van der Waals surface area contributed by atoms with Crippen LogP contribution in [-0.4, -0.2) is 47.5 Å². The van der Waals surface area contributed by atoms with Gasteiger partial charge in [-0.3, -0.25) is 4.99 Å². The van der Waals surface area contributed by atoms with Crippen molar-refractivity contribution in [3.8, 4) is 0 Å². The van der Waals surface area contributed by atoms with Gasteiger partial charge in [0.05, 0.1) is 6.54 Å². The second-order valence-electron chi connectivity index (χ2n) is 8.03. The topological polar surface area (TPSA) is 76.4 Å². The molecule has 4 rings (SSSR count). The summed E-state index contributed by atoms with van der Waals surface area (Å²) in [5.74, 6) is 2.69. The van der Waals surface area contributed by atoms with Gasteiger partial charge >= 0.3 is 0 Å². The molecule has 1 unspecified atom stereocenters. The van der Waals surface area contributed by atoms with E-state index in [4.69, 9.17) is 4.74 Å². The molecule has 1 saturated carbocycles. The van der Waals surface area contributed by atoms with E-state index >= 15 is 0 Å². The van der Waals surface area contributed by atoms with Crippen molar-refractivity contribution in [1.29, 1.82) is 0 Å². The van der Waals surface area contributed by atoms with Crippen LogP contribution in [0.1, 0.15) is 36.5 Å². The normalized spacial score (nSPS) is 19.8. The number of fused-ring (bicyclic) bond motifs is 1. The van der Waals surface area contributed by atoms with Gasteiger partial charge in [0.25, 0.3) is 0 Å². The van der Waals surface area contributed by atoms with Crippen molar-refractivity contribution in [3.63, 3.8) is 0 Å². The first-order chi connectivity index (χ1) is 13.7. The predicted molar refractivity (Wildman–Crippen MR) is 125 cm³/mol. The number of hydrogen-bond donors (Lipinski definition) is 2. The Bertz CT molecular complexity index is 818. The standard InChI is InChI=1S/C21H30N6O.HI/c1-22-20(23-15-21(10-11-21)12-16-6-4-3-5-7-16)24-17-8-9-19-25-18(14-28-2)26-27(19)13-17;/h3-7,17H,8-15H2,1-2H3,(H2,22,23,24);1H. The summed E-state index contributed by atoms with van der Waals surface area (Å²) in [6, 6.07) is 11.1. The van der Waals surface area contributed by atoms with Crippen LogP contribution in [0.4, 0.5) is 0 Å². The number of guanidine groups is 1. The first-order valence-electron chi connectivity index (χ1n) is 10.1. The second-order valence-corrected chi connectivity index (χ2v) is 8.03. The molecule has 1 atom stereocenters. The van der Waals surface area contributed by atoms with Gasteiger partial charge in [0, 0.05) is 33.2 Å². The van der Waals surface area contributed by atoms with Crippen LogP contribution >= 0.6 is 24.0 Å². The van der Waals surface area contributed by atoms with Gasteiger partial charge in [0.2, 0.25) is 0 Å². The smallest absolute Gasteiger partial charge is 0.191 e. The molecular formula is C21H31IN6O. The zero-order chi connectivity index (χ0) is 19.4. The third-order valence-corrected chi connectivity index (χ3v) is 5.75. The predicted octanol–water partition coefficient (Wildman–Crippen LogP) is 2.55. The summed E-state index contributed by atoms with van der Waals surface area (Å²) >= 11 is 0. The quantitative estimate of drug-likeness (QED) is 0.340. The van der Waals surface area contributed by atoms with Crippen LogP contribution in [0.2, 0.25) is 0 Å². The van der Waals surface area contributed by atoms with Gasteiger partial charge < -0.3 is 15.4 Å². The maximum absolute atomic E-state index is 5.14. The van der Waals surface area contributed by atoms with Crippen LogP contribution in [0.5, 0.6) is 0 Å². The third kappa shape index (κ3) is 5.69. The van der Waals surface area contributed by atoms with Gasteiger partial charge in [-0.15, -0.1) is 24.0 Å². The number of aromatic nitrogens is 3. The van der Waals surface area contributed by atoms with Gasteiger partial charge in [-0.1, -0.05) is 30.3 Å². The molecule has 8 heteroatoms. The van der Waals surface area contributed by atoms with Crippen molar-refractivity contribution in [1.82, 2.24) is 25.4 Å². The number of hydrogen-bond acceptors (Lipinski definition) is 4. The summed E-state index contributed by atoms with van der Waals surface area (Å²) in [5.41, 5.74) is 1.79. The maximum atomic E-state index is 5.14. The van der Waals surface area contributed by atoms with Gasteiger partial charge in [-0.05, 0) is 36.7 Å². The van der Waals surface area contributed by atoms with Crippen molar-refractivity contribution in [3.05, 3.63) is 47.5 Å². The molecule has 2 aliphatic rings. The lowest BCUT2D eigenvalue weighted by Crippen LogP contribution is -2.48. The van der Waals surface area contributed by atoms with Crippen molar-refractivity contribution < 1.29 is 4.74 Å². The van der Waals surface area contributed by atoms with E-state index in [1.165, 1.54) is 18.4 Å². The monoisotopic (exact) mass is 510 g/mol. The Balaban J connectivity index is 0.00000240. The molecule has 7 nitrogen and oxygen atoms in total. The first-order valence-corrected chi connectivity index (χ1v) is 10.1. The Hall–Kier alpha value is -1.68. The highest BCUT2D eigenvalue weighted by atomic mass is 127. The van der Waals surface area contributed by atoms with E-state index in [1.54, 1.807) is 7.11 Å². The molecule has 1 aliphatic carbocycles. The van der Waals surface area contributed by atoms with Crippen LogP contribution < -0.4 is 10.6 Å². The summed E-state index contributed by atoms with van der Waals surface area (Å²) in [5, 5.41) is 11.7. The summed E-state index contributed by atoms with van der Waals surface area (Å²) in [4.78, 5) is 8.98. The summed E-state index contributed by atoms with van der Waals surface area (Å²) in [6.07, 6.45) is 5.63. The lowest BCUT2D eigenvalue weighted by molar-refractivity contribution is 0.177. The van der Waals surface area contributed by atoms with Gasteiger partial charge in [-0.2, -0.15) is 5.10 Å². The number of aryl methyl sites for hydroxylation is 1. The van der Waals surface area contributed by atoms with E-state index in [1.807, 2.05) is 11.7 Å². The molecule has 2 heterocycles. The Morgan fingerprint density at radius 3 is 2.79 bits per heavy atom. The van der Waals surface area contributed by atoms with E-state index in [2.05, 4.69) is 56.0 Å². The molecule has 1 fully saturated rings. The molecule has 0 spiro atoms. The molecule has 2 N–H and O–H groups in total. The summed E-state index contributed by atoms with van der Waals surface area (Å²) in [7, 11) is 3.51. The van der Waals surface area contributed by atoms with Crippen LogP contribution in [0, 0.1) is 5.41 Å². The lowest BCUT2D eigenvalue weighted by atomic mass is 9.96. The zero-order valence-electron chi connectivity index (χ0n) is 17.2. The number of rotatable bonds is 7. The van der Waals surface area contributed by atoms with E-state index in [0.29, 0.717) is 18.1 Å². The zero-order valence-corrected chi connectivity index (χ0v) is 19.6. The SMILES string of the molecule is CN=C(NCC1(Cc2ccccc2)CC1)NC1CCc2nc(COC)nn2C1.I. The molecular weight excluding hydrogens is 479 g/mol. The number of methoxy groups -OCH3 is 1. The van der Waals surface area contributed by atoms with E-state index < -0.39 is 0 Å². The fourth-order valence-electron chi connectivity index (χ4n) is 3.95. The molecule has 1 aliphatic heterocycles. The fraction of sp³-hybridized carbons (Fsp3) is 0.571. The first kappa shape index (κ1) is 22.0. The Labute approximate surface area is 189 Å². The molecule has 0 radical (unpaired) electrons. The summed E-state index contributed by atoms with van der Waals surface area (Å²) < 4.78 is 7.14. The van der Waals surface area contributed by atoms with Gasteiger partial charge in [-0.25, -0.2) is 9.67 Å². The minimum atomic E-state index is 0. The molecule has 1 aromatic heterocycles. The number of aliphatic imine (C=N–C) groups is 1. The number of halogens is 1. The molecule has 0 amide bonds. The highest BCUT2D eigenvalue weighted by Gasteiger charge is 2.42.